The number of aryl methyl sites for hydroxylation is 1. The Morgan fingerprint density at radius 1 is 1.20 bits per heavy atom. The van der Waals surface area contributed by atoms with Gasteiger partial charge in [-0.3, -0.25) is 0 Å². The van der Waals surface area contributed by atoms with Gasteiger partial charge in [0.1, 0.15) is 11.0 Å². The third-order valence-corrected chi connectivity index (χ3v) is 4.98. The molecule has 7 heteroatoms. The van der Waals surface area contributed by atoms with Crippen LogP contribution < -0.4 is 14.8 Å². The Hall–Kier alpha value is -2.34. The van der Waals surface area contributed by atoms with Gasteiger partial charge in [0.05, 0.1) is 0 Å². The monoisotopic (exact) mass is 364 g/mol. The lowest BCUT2D eigenvalue weighted by atomic mass is 9.92. The SMILES string of the molecule is C=C(Nc1ccc(C)c(Cl)n1)C1(c2ccc3c(c2)OC(F)(F)O3)CC1. The summed E-state index contributed by atoms with van der Waals surface area (Å²) in [5.74, 6) is 0.673. The molecule has 130 valence electrons. The molecule has 4 rings (SSSR count). The molecular formula is C18H15ClF2N2O2. The number of nitrogens with zero attached hydrogens (tertiary/aromatic N) is 1. The number of ether oxygens (including phenoxy) is 2. The average molecular weight is 365 g/mol. The number of pyridine rings is 1. The van der Waals surface area contributed by atoms with Crippen molar-refractivity contribution in [2.45, 2.75) is 31.5 Å². The minimum atomic E-state index is -3.62. The Balaban J connectivity index is 1.58. The molecule has 1 saturated carbocycles. The van der Waals surface area contributed by atoms with E-state index in [4.69, 9.17) is 11.6 Å². The summed E-state index contributed by atoms with van der Waals surface area (Å²) >= 11 is 6.05. The summed E-state index contributed by atoms with van der Waals surface area (Å²) in [6.45, 7) is 5.99. The Morgan fingerprint density at radius 2 is 1.92 bits per heavy atom. The molecule has 1 aromatic carbocycles. The number of rotatable bonds is 4. The van der Waals surface area contributed by atoms with Crippen LogP contribution in [0, 0.1) is 6.92 Å². The van der Waals surface area contributed by atoms with Crippen molar-refractivity contribution in [2.75, 3.05) is 5.32 Å². The van der Waals surface area contributed by atoms with E-state index in [1.807, 2.05) is 19.1 Å². The normalized spacial score (nSPS) is 18.7. The highest BCUT2D eigenvalue weighted by Gasteiger charge is 2.49. The summed E-state index contributed by atoms with van der Waals surface area (Å²) < 4.78 is 35.4. The summed E-state index contributed by atoms with van der Waals surface area (Å²) in [7, 11) is 0. The van der Waals surface area contributed by atoms with Crippen LogP contribution in [0.4, 0.5) is 14.6 Å². The molecule has 1 aliphatic carbocycles. The summed E-state index contributed by atoms with van der Waals surface area (Å²) in [4.78, 5) is 4.27. The van der Waals surface area contributed by atoms with Crippen LogP contribution in [-0.4, -0.2) is 11.3 Å². The fourth-order valence-electron chi connectivity index (χ4n) is 2.98. The van der Waals surface area contributed by atoms with Crippen molar-refractivity contribution in [3.8, 4) is 11.5 Å². The fraction of sp³-hybridized carbons (Fsp3) is 0.278. The number of anilines is 1. The molecule has 1 N–H and O–H groups in total. The van der Waals surface area contributed by atoms with Gasteiger partial charge < -0.3 is 14.8 Å². The predicted octanol–water partition coefficient (Wildman–Crippen LogP) is 5.02. The first-order valence-corrected chi connectivity index (χ1v) is 8.17. The van der Waals surface area contributed by atoms with Crippen LogP contribution >= 0.6 is 11.6 Å². The van der Waals surface area contributed by atoms with E-state index < -0.39 is 6.29 Å². The molecule has 2 aromatic rings. The molecule has 2 heterocycles. The molecule has 2 aliphatic rings. The summed E-state index contributed by atoms with van der Waals surface area (Å²) in [5, 5.41) is 3.61. The molecule has 0 amide bonds. The van der Waals surface area contributed by atoms with E-state index in [0.717, 1.165) is 29.7 Å². The number of fused-ring (bicyclic) bond motifs is 1. The third kappa shape index (κ3) is 2.80. The number of hydrogen-bond acceptors (Lipinski definition) is 4. The van der Waals surface area contributed by atoms with E-state index in [-0.39, 0.29) is 16.9 Å². The van der Waals surface area contributed by atoms with E-state index in [9.17, 15) is 8.78 Å². The van der Waals surface area contributed by atoms with E-state index in [1.54, 1.807) is 12.1 Å². The molecule has 1 aliphatic heterocycles. The first-order valence-electron chi connectivity index (χ1n) is 7.79. The van der Waals surface area contributed by atoms with Crippen LogP contribution in [0.1, 0.15) is 24.0 Å². The van der Waals surface area contributed by atoms with Gasteiger partial charge in [-0.2, -0.15) is 0 Å². The Morgan fingerprint density at radius 3 is 2.60 bits per heavy atom. The lowest BCUT2D eigenvalue weighted by molar-refractivity contribution is -0.286. The number of alkyl halides is 2. The Labute approximate surface area is 148 Å². The lowest BCUT2D eigenvalue weighted by Crippen LogP contribution is -2.26. The van der Waals surface area contributed by atoms with E-state index in [2.05, 4.69) is 26.4 Å². The second-order valence-electron chi connectivity index (χ2n) is 6.32. The second kappa shape index (κ2) is 5.33. The molecule has 0 spiro atoms. The smallest absolute Gasteiger partial charge is 0.395 e. The maximum absolute atomic E-state index is 13.2. The minimum Gasteiger partial charge on any atom is -0.395 e. The van der Waals surface area contributed by atoms with Gasteiger partial charge in [-0.05, 0) is 49.1 Å². The number of halogens is 3. The van der Waals surface area contributed by atoms with Crippen LogP contribution in [0.25, 0.3) is 0 Å². The summed E-state index contributed by atoms with van der Waals surface area (Å²) in [6.07, 6.45) is -1.90. The minimum absolute atomic E-state index is 0.0371. The predicted molar refractivity (Wildman–Crippen MR) is 90.3 cm³/mol. The maximum Gasteiger partial charge on any atom is 0.586 e. The number of allylic oxidation sites excluding steroid dienone is 1. The first kappa shape index (κ1) is 16.1. The zero-order valence-electron chi connectivity index (χ0n) is 13.4. The maximum atomic E-state index is 13.2. The van der Waals surface area contributed by atoms with Gasteiger partial charge in [0, 0.05) is 11.1 Å². The number of aromatic nitrogens is 1. The molecule has 25 heavy (non-hydrogen) atoms. The van der Waals surface area contributed by atoms with E-state index >= 15 is 0 Å². The lowest BCUT2D eigenvalue weighted by Gasteiger charge is -2.20. The van der Waals surface area contributed by atoms with Crippen molar-refractivity contribution < 1.29 is 18.3 Å². The highest BCUT2D eigenvalue weighted by Crippen LogP contribution is 2.55. The summed E-state index contributed by atoms with van der Waals surface area (Å²) in [6, 6.07) is 8.54. The Bertz CT molecular complexity index is 881. The van der Waals surface area contributed by atoms with Gasteiger partial charge in [-0.15, -0.1) is 8.78 Å². The average Bonchev–Trinajstić information content (AvgIpc) is 3.28. The van der Waals surface area contributed by atoms with Crippen molar-refractivity contribution in [3.05, 3.63) is 58.9 Å². The van der Waals surface area contributed by atoms with Gasteiger partial charge >= 0.3 is 6.29 Å². The van der Waals surface area contributed by atoms with Crippen molar-refractivity contribution >= 4 is 17.4 Å². The van der Waals surface area contributed by atoms with Gasteiger partial charge in [0.2, 0.25) is 0 Å². The molecular weight excluding hydrogens is 350 g/mol. The standard InChI is InChI=1S/C18H15ClF2N2O2/c1-10-3-6-15(23-16(10)19)22-11(2)17(7-8-17)12-4-5-13-14(9-12)25-18(20,21)24-13/h3-6,9H,2,7-8H2,1H3,(H,22,23). The van der Waals surface area contributed by atoms with Gasteiger partial charge in [-0.1, -0.05) is 30.3 Å². The number of hydrogen-bond donors (Lipinski definition) is 1. The molecule has 0 radical (unpaired) electrons. The quantitative estimate of drug-likeness (QED) is 0.773. The zero-order chi connectivity index (χ0) is 17.8. The van der Waals surface area contributed by atoms with Crippen LogP contribution in [0.15, 0.2) is 42.6 Å². The topological polar surface area (TPSA) is 43.4 Å². The highest BCUT2D eigenvalue weighted by molar-refractivity contribution is 6.30. The Kier molecular flexibility index (Phi) is 3.44. The molecule has 0 bridgehead atoms. The van der Waals surface area contributed by atoms with E-state index in [1.165, 1.54) is 6.07 Å². The molecule has 0 unspecified atom stereocenters. The second-order valence-corrected chi connectivity index (χ2v) is 6.68. The molecule has 4 nitrogen and oxygen atoms in total. The highest BCUT2D eigenvalue weighted by atomic mass is 35.5. The zero-order valence-corrected chi connectivity index (χ0v) is 14.2. The van der Waals surface area contributed by atoms with Gasteiger partial charge in [-0.25, -0.2) is 4.98 Å². The number of nitrogens with one attached hydrogen (secondary N) is 1. The van der Waals surface area contributed by atoms with Gasteiger partial charge in [0.25, 0.3) is 0 Å². The fourth-order valence-corrected chi connectivity index (χ4v) is 3.14. The van der Waals surface area contributed by atoms with Crippen LogP contribution in [0.5, 0.6) is 11.5 Å². The largest absolute Gasteiger partial charge is 0.586 e. The van der Waals surface area contributed by atoms with Crippen LogP contribution in [0.2, 0.25) is 5.15 Å². The van der Waals surface area contributed by atoms with Crippen LogP contribution in [0.3, 0.4) is 0 Å². The van der Waals surface area contributed by atoms with Crippen molar-refractivity contribution in [1.29, 1.82) is 0 Å². The van der Waals surface area contributed by atoms with Crippen LogP contribution in [-0.2, 0) is 5.41 Å². The third-order valence-electron chi connectivity index (χ3n) is 4.60. The van der Waals surface area contributed by atoms with Gasteiger partial charge in [0.15, 0.2) is 11.5 Å². The molecule has 0 saturated heterocycles. The van der Waals surface area contributed by atoms with Crippen molar-refractivity contribution in [1.82, 2.24) is 4.98 Å². The molecule has 1 aromatic heterocycles. The van der Waals surface area contributed by atoms with Crippen molar-refractivity contribution in [2.24, 2.45) is 0 Å². The molecule has 1 fully saturated rings. The number of benzene rings is 1. The first-order chi connectivity index (χ1) is 11.8. The molecule has 0 atom stereocenters. The summed E-state index contributed by atoms with van der Waals surface area (Å²) in [5.41, 5.74) is 2.14. The van der Waals surface area contributed by atoms with E-state index in [0.29, 0.717) is 11.0 Å². The van der Waals surface area contributed by atoms with Crippen molar-refractivity contribution in [3.63, 3.8) is 0 Å².